The largest absolute Gasteiger partial charge is 0.492 e. The second-order valence-electron chi connectivity index (χ2n) is 8.34. The molecule has 0 atom stereocenters. The van der Waals surface area contributed by atoms with Gasteiger partial charge in [0.05, 0.1) is 24.4 Å². The van der Waals surface area contributed by atoms with Gasteiger partial charge in [-0.15, -0.1) is 0 Å². The summed E-state index contributed by atoms with van der Waals surface area (Å²) in [6.07, 6.45) is 2.01. The average Bonchev–Trinajstić information content (AvgIpc) is 2.91. The molecule has 0 unspecified atom stereocenters. The van der Waals surface area contributed by atoms with Crippen molar-refractivity contribution in [2.75, 3.05) is 19.8 Å². The number of hydrazone groups is 1. The first kappa shape index (κ1) is 30.7. The van der Waals surface area contributed by atoms with Crippen molar-refractivity contribution >= 4 is 58.8 Å². The number of esters is 1. The standard InChI is InChI=1S/C28H26Cl3N3O6/c1-18-13-20(29)6-10-24(18)39-17-27(36)32-16-26(35)34-33-15-19-4-8-22(9-5-19)40-28(37)3-2-12-38-25-11-7-21(30)14-23(25)31/h4-11,13-15H,2-3,12,16-17H2,1H3,(H,32,36)(H,34,35)/b33-15+. The van der Waals surface area contributed by atoms with Gasteiger partial charge < -0.3 is 19.5 Å². The third kappa shape index (κ3) is 10.8. The number of aryl methyl sites for hydroxylation is 1. The van der Waals surface area contributed by atoms with E-state index in [0.29, 0.717) is 44.3 Å². The molecule has 9 nitrogen and oxygen atoms in total. The minimum atomic E-state index is -0.514. The Morgan fingerprint density at radius 2 is 1.57 bits per heavy atom. The molecule has 0 aromatic heterocycles. The summed E-state index contributed by atoms with van der Waals surface area (Å²) in [5.41, 5.74) is 3.77. The highest BCUT2D eigenvalue weighted by molar-refractivity contribution is 6.35. The van der Waals surface area contributed by atoms with Gasteiger partial charge in [-0.3, -0.25) is 14.4 Å². The maximum absolute atomic E-state index is 12.1. The van der Waals surface area contributed by atoms with Crippen LogP contribution in [0.1, 0.15) is 24.0 Å². The lowest BCUT2D eigenvalue weighted by Gasteiger charge is -2.09. The highest BCUT2D eigenvalue weighted by atomic mass is 35.5. The Labute approximate surface area is 246 Å². The summed E-state index contributed by atoms with van der Waals surface area (Å²) in [6.45, 7) is 1.58. The molecule has 3 aromatic carbocycles. The Morgan fingerprint density at radius 1 is 0.875 bits per heavy atom. The minimum Gasteiger partial charge on any atom is -0.492 e. The van der Waals surface area contributed by atoms with Gasteiger partial charge in [-0.05, 0) is 85.1 Å². The number of rotatable bonds is 13. The summed E-state index contributed by atoms with van der Waals surface area (Å²) in [7, 11) is 0. The normalized spacial score (nSPS) is 10.7. The number of halogens is 3. The topological polar surface area (TPSA) is 115 Å². The van der Waals surface area contributed by atoms with Crippen LogP contribution < -0.4 is 25.0 Å². The fourth-order valence-electron chi connectivity index (χ4n) is 3.16. The fourth-order valence-corrected chi connectivity index (χ4v) is 3.85. The van der Waals surface area contributed by atoms with Gasteiger partial charge in [-0.1, -0.05) is 34.8 Å². The number of nitrogens with one attached hydrogen (secondary N) is 2. The Hall–Kier alpha value is -3.79. The van der Waals surface area contributed by atoms with Gasteiger partial charge in [0.1, 0.15) is 17.2 Å². The van der Waals surface area contributed by atoms with E-state index in [1.165, 1.54) is 6.21 Å². The molecule has 3 aromatic rings. The summed E-state index contributed by atoms with van der Waals surface area (Å²) in [5, 5.41) is 7.78. The molecule has 210 valence electrons. The van der Waals surface area contributed by atoms with Crippen molar-refractivity contribution in [3.63, 3.8) is 0 Å². The second-order valence-corrected chi connectivity index (χ2v) is 9.62. The number of nitrogens with zero attached hydrogens (tertiary/aromatic N) is 1. The summed E-state index contributed by atoms with van der Waals surface area (Å²) in [6, 6.07) is 16.5. The van der Waals surface area contributed by atoms with Gasteiger partial charge in [0.15, 0.2) is 6.61 Å². The van der Waals surface area contributed by atoms with E-state index in [4.69, 9.17) is 49.0 Å². The van der Waals surface area contributed by atoms with E-state index < -0.39 is 17.8 Å². The zero-order chi connectivity index (χ0) is 28.9. The van der Waals surface area contributed by atoms with Crippen LogP contribution in [0.25, 0.3) is 0 Å². The first-order valence-electron chi connectivity index (χ1n) is 12.1. The molecule has 40 heavy (non-hydrogen) atoms. The molecule has 2 amide bonds. The van der Waals surface area contributed by atoms with Gasteiger partial charge in [0.25, 0.3) is 11.8 Å². The SMILES string of the molecule is Cc1cc(Cl)ccc1OCC(=O)NCC(=O)N/N=C/c1ccc(OC(=O)CCCOc2ccc(Cl)cc2Cl)cc1. The zero-order valence-corrected chi connectivity index (χ0v) is 23.7. The predicted octanol–water partition coefficient (Wildman–Crippen LogP) is 5.37. The minimum absolute atomic E-state index is 0.157. The molecular weight excluding hydrogens is 581 g/mol. The highest BCUT2D eigenvalue weighted by Crippen LogP contribution is 2.27. The van der Waals surface area contributed by atoms with Crippen LogP contribution in [-0.2, 0) is 14.4 Å². The smallest absolute Gasteiger partial charge is 0.311 e. The van der Waals surface area contributed by atoms with E-state index in [1.807, 2.05) is 6.92 Å². The van der Waals surface area contributed by atoms with Crippen LogP contribution in [0.5, 0.6) is 17.2 Å². The summed E-state index contributed by atoms with van der Waals surface area (Å²) >= 11 is 17.8. The zero-order valence-electron chi connectivity index (χ0n) is 21.4. The van der Waals surface area contributed by atoms with E-state index in [1.54, 1.807) is 60.7 Å². The van der Waals surface area contributed by atoms with Crippen LogP contribution in [0.15, 0.2) is 65.8 Å². The predicted molar refractivity (Wildman–Crippen MR) is 154 cm³/mol. The number of amides is 2. The third-order valence-electron chi connectivity index (χ3n) is 5.13. The number of ether oxygens (including phenoxy) is 3. The molecule has 0 saturated heterocycles. The molecule has 0 fully saturated rings. The van der Waals surface area contributed by atoms with Crippen LogP contribution in [-0.4, -0.2) is 43.8 Å². The molecule has 0 aliphatic heterocycles. The molecular formula is C28H26Cl3N3O6. The van der Waals surface area contributed by atoms with E-state index in [-0.39, 0.29) is 26.2 Å². The molecule has 2 N–H and O–H groups in total. The van der Waals surface area contributed by atoms with Crippen LogP contribution in [0, 0.1) is 6.92 Å². The van der Waals surface area contributed by atoms with Crippen molar-refractivity contribution in [2.24, 2.45) is 5.10 Å². The number of benzene rings is 3. The lowest BCUT2D eigenvalue weighted by atomic mass is 10.2. The van der Waals surface area contributed by atoms with E-state index >= 15 is 0 Å². The van der Waals surface area contributed by atoms with Crippen molar-refractivity contribution in [2.45, 2.75) is 19.8 Å². The lowest BCUT2D eigenvalue weighted by molar-refractivity contribution is -0.134. The van der Waals surface area contributed by atoms with E-state index in [2.05, 4.69) is 15.8 Å². The Kier molecular flexibility index (Phi) is 12.1. The van der Waals surface area contributed by atoms with Crippen molar-refractivity contribution in [1.82, 2.24) is 10.7 Å². The number of carbonyl (C=O) groups is 3. The number of hydrogen-bond donors (Lipinski definition) is 2. The number of carbonyl (C=O) groups excluding carboxylic acids is 3. The summed E-state index contributed by atoms with van der Waals surface area (Å²) in [4.78, 5) is 35.9. The molecule has 0 bridgehead atoms. The first-order valence-corrected chi connectivity index (χ1v) is 13.2. The molecule has 0 aliphatic rings. The lowest BCUT2D eigenvalue weighted by Crippen LogP contribution is -2.37. The monoisotopic (exact) mass is 605 g/mol. The molecule has 0 saturated carbocycles. The molecule has 12 heteroatoms. The van der Waals surface area contributed by atoms with Crippen LogP contribution in [0.2, 0.25) is 15.1 Å². The molecule has 0 aliphatic carbocycles. The second kappa shape index (κ2) is 15.7. The Bertz CT molecular complexity index is 1370. The van der Waals surface area contributed by atoms with Crippen LogP contribution >= 0.6 is 34.8 Å². The quantitative estimate of drug-likeness (QED) is 0.0890. The molecule has 0 heterocycles. The van der Waals surface area contributed by atoms with Gasteiger partial charge in [-0.2, -0.15) is 5.10 Å². The summed E-state index contributed by atoms with van der Waals surface area (Å²) in [5.74, 6) is 0.00606. The highest BCUT2D eigenvalue weighted by Gasteiger charge is 2.09. The molecule has 3 rings (SSSR count). The Balaban J connectivity index is 1.30. The maximum atomic E-state index is 12.1. The molecule has 0 spiro atoms. The maximum Gasteiger partial charge on any atom is 0.311 e. The van der Waals surface area contributed by atoms with Gasteiger partial charge in [0.2, 0.25) is 0 Å². The van der Waals surface area contributed by atoms with E-state index in [0.717, 1.165) is 5.56 Å². The Morgan fingerprint density at radius 3 is 2.27 bits per heavy atom. The van der Waals surface area contributed by atoms with Crippen molar-refractivity contribution in [3.8, 4) is 17.2 Å². The van der Waals surface area contributed by atoms with Gasteiger partial charge >= 0.3 is 5.97 Å². The summed E-state index contributed by atoms with van der Waals surface area (Å²) < 4.78 is 16.3. The molecule has 0 radical (unpaired) electrons. The number of hydrogen-bond acceptors (Lipinski definition) is 7. The van der Waals surface area contributed by atoms with Crippen molar-refractivity contribution in [1.29, 1.82) is 0 Å². The van der Waals surface area contributed by atoms with Crippen LogP contribution in [0.4, 0.5) is 0 Å². The average molecular weight is 607 g/mol. The van der Waals surface area contributed by atoms with Crippen LogP contribution in [0.3, 0.4) is 0 Å². The van der Waals surface area contributed by atoms with E-state index in [9.17, 15) is 14.4 Å². The van der Waals surface area contributed by atoms with Crippen molar-refractivity contribution < 1.29 is 28.6 Å². The third-order valence-corrected chi connectivity index (χ3v) is 5.90. The van der Waals surface area contributed by atoms with Gasteiger partial charge in [-0.25, -0.2) is 5.43 Å². The first-order chi connectivity index (χ1) is 19.2. The van der Waals surface area contributed by atoms with Crippen molar-refractivity contribution in [3.05, 3.63) is 86.9 Å². The van der Waals surface area contributed by atoms with Gasteiger partial charge in [0, 0.05) is 16.5 Å². The fraction of sp³-hybridized carbons (Fsp3) is 0.214.